The largest absolute Gasteiger partial charge is 0.698 e. The third kappa shape index (κ3) is 11.6. The van der Waals surface area contributed by atoms with E-state index in [9.17, 15) is 14.2 Å². The Morgan fingerprint density at radius 3 is 1.65 bits per heavy atom. The van der Waals surface area contributed by atoms with Gasteiger partial charge in [-0.05, 0) is 13.8 Å². The van der Waals surface area contributed by atoms with Crippen molar-refractivity contribution in [2.24, 2.45) is 0 Å². The highest BCUT2D eigenvalue weighted by Crippen LogP contribution is 2.23. The van der Waals surface area contributed by atoms with E-state index in [0.29, 0.717) is 12.8 Å². The Kier molecular flexibility index (Phi) is 11.6. The van der Waals surface area contributed by atoms with Gasteiger partial charge >= 0.3 is 8.25 Å². The normalized spacial score (nSPS) is 8.90. The van der Waals surface area contributed by atoms with Crippen molar-refractivity contribution in [3.05, 3.63) is 0 Å². The Labute approximate surface area is 120 Å². The molecule has 6 heteroatoms. The van der Waals surface area contributed by atoms with Crippen LogP contribution in [0.5, 0.6) is 0 Å². The van der Waals surface area contributed by atoms with Crippen molar-refractivity contribution in [1.29, 1.82) is 0 Å². The summed E-state index contributed by atoms with van der Waals surface area (Å²) < 4.78 is 20.7. The molecule has 0 bridgehead atoms. The standard InChI is InChI=1S/C14H18O5P/c1-3-5-7-9-13(15)11-18-20(17)19-12-14(16)10-8-6-4-2/h7-12H2,1-2H3/q+1. The molecule has 0 aromatic carbocycles. The molecule has 0 N–H and O–H groups in total. The molecule has 0 aromatic heterocycles. The average Bonchev–Trinajstić information content (AvgIpc) is 2.43. The van der Waals surface area contributed by atoms with Crippen molar-refractivity contribution in [3.63, 3.8) is 0 Å². The smallest absolute Gasteiger partial charge is 0.297 e. The second-order valence-electron chi connectivity index (χ2n) is 3.70. The molecule has 0 rings (SSSR count). The first-order valence-corrected chi connectivity index (χ1v) is 7.25. The number of hydrogen-bond donors (Lipinski definition) is 0. The lowest BCUT2D eigenvalue weighted by Gasteiger charge is -1.93. The predicted molar refractivity (Wildman–Crippen MR) is 74.9 cm³/mol. The van der Waals surface area contributed by atoms with E-state index < -0.39 is 8.25 Å². The van der Waals surface area contributed by atoms with Crippen LogP contribution in [0, 0.1) is 23.7 Å². The fraction of sp³-hybridized carbons (Fsp3) is 0.571. The maximum Gasteiger partial charge on any atom is 0.698 e. The van der Waals surface area contributed by atoms with Gasteiger partial charge in [-0.15, -0.1) is 32.7 Å². The van der Waals surface area contributed by atoms with Crippen LogP contribution in [0.4, 0.5) is 0 Å². The first-order chi connectivity index (χ1) is 9.60. The van der Waals surface area contributed by atoms with Crippen molar-refractivity contribution in [3.8, 4) is 23.7 Å². The van der Waals surface area contributed by atoms with Gasteiger partial charge in [-0.25, -0.2) is 0 Å². The zero-order valence-electron chi connectivity index (χ0n) is 11.7. The van der Waals surface area contributed by atoms with Crippen LogP contribution >= 0.6 is 8.25 Å². The van der Waals surface area contributed by atoms with Gasteiger partial charge in [0.15, 0.2) is 24.8 Å². The molecular weight excluding hydrogens is 279 g/mol. The van der Waals surface area contributed by atoms with Crippen LogP contribution in [0.15, 0.2) is 0 Å². The van der Waals surface area contributed by atoms with E-state index in [0.717, 1.165) is 0 Å². The fourth-order valence-electron chi connectivity index (χ4n) is 1.08. The molecule has 0 atom stereocenters. The van der Waals surface area contributed by atoms with Crippen LogP contribution in [0.1, 0.15) is 39.5 Å². The minimum Gasteiger partial charge on any atom is -0.297 e. The van der Waals surface area contributed by atoms with Crippen LogP contribution in [0.25, 0.3) is 0 Å². The molecule has 0 radical (unpaired) electrons. The molecule has 0 saturated heterocycles. The highest BCUT2D eigenvalue weighted by atomic mass is 31.1. The highest BCUT2D eigenvalue weighted by Gasteiger charge is 2.23. The van der Waals surface area contributed by atoms with E-state index in [-0.39, 0.29) is 37.6 Å². The van der Waals surface area contributed by atoms with Gasteiger partial charge in [-0.3, -0.25) is 9.59 Å². The molecule has 5 nitrogen and oxygen atoms in total. The summed E-state index contributed by atoms with van der Waals surface area (Å²) in [6.45, 7) is 2.79. The first-order valence-electron chi connectivity index (χ1n) is 6.15. The molecule has 0 spiro atoms. The maximum absolute atomic E-state index is 11.3. The van der Waals surface area contributed by atoms with Crippen molar-refractivity contribution in [2.45, 2.75) is 39.5 Å². The van der Waals surface area contributed by atoms with Crippen LogP contribution in [-0.4, -0.2) is 24.8 Å². The van der Waals surface area contributed by atoms with E-state index in [1.54, 1.807) is 13.8 Å². The Morgan fingerprint density at radius 1 is 0.900 bits per heavy atom. The summed E-state index contributed by atoms with van der Waals surface area (Å²) in [5.41, 5.74) is 0. The minimum absolute atomic E-state index is 0.204. The Balaban J connectivity index is 3.71. The monoisotopic (exact) mass is 297 g/mol. The average molecular weight is 297 g/mol. The van der Waals surface area contributed by atoms with E-state index in [1.807, 2.05) is 0 Å². The fourth-order valence-corrected chi connectivity index (χ4v) is 1.66. The Bertz CT molecular complexity index is 419. The van der Waals surface area contributed by atoms with Crippen molar-refractivity contribution < 1.29 is 23.2 Å². The number of hydrogen-bond acceptors (Lipinski definition) is 5. The zero-order valence-corrected chi connectivity index (χ0v) is 12.6. The van der Waals surface area contributed by atoms with Gasteiger partial charge in [0.2, 0.25) is 0 Å². The van der Waals surface area contributed by atoms with E-state index in [2.05, 4.69) is 23.7 Å². The lowest BCUT2D eigenvalue weighted by molar-refractivity contribution is -0.121. The second-order valence-corrected chi connectivity index (χ2v) is 4.66. The second kappa shape index (κ2) is 12.5. The number of carbonyl (C=O) groups excluding carboxylic acids is 2. The number of rotatable bonds is 10. The lowest BCUT2D eigenvalue weighted by Crippen LogP contribution is -2.08. The predicted octanol–water partition coefficient (Wildman–Crippen LogP) is 2.42. The zero-order chi connectivity index (χ0) is 15.2. The third-order valence-corrected chi connectivity index (χ3v) is 2.75. The van der Waals surface area contributed by atoms with Gasteiger partial charge in [-0.2, -0.15) is 0 Å². The van der Waals surface area contributed by atoms with Crippen LogP contribution < -0.4 is 0 Å². The van der Waals surface area contributed by atoms with Crippen LogP contribution in [0.2, 0.25) is 0 Å². The SMILES string of the molecule is CC#CCCC(=O)CO[P+](=O)OCC(=O)CCC#CC. The van der Waals surface area contributed by atoms with Gasteiger partial charge in [0.1, 0.15) is 0 Å². The van der Waals surface area contributed by atoms with Crippen LogP contribution in [0.3, 0.4) is 0 Å². The quantitative estimate of drug-likeness (QED) is 0.457. The first kappa shape index (κ1) is 18.5. The minimum atomic E-state index is -2.45. The van der Waals surface area contributed by atoms with E-state index >= 15 is 0 Å². The molecule has 0 aliphatic heterocycles. The molecule has 108 valence electrons. The summed E-state index contributed by atoms with van der Waals surface area (Å²) in [6.07, 6.45) is 1.40. The van der Waals surface area contributed by atoms with Crippen molar-refractivity contribution in [1.82, 2.24) is 0 Å². The summed E-state index contributed by atoms with van der Waals surface area (Å²) in [5.74, 6) is 10.4. The molecular formula is C14H18O5P+. The van der Waals surface area contributed by atoms with Gasteiger partial charge in [0.25, 0.3) is 0 Å². The molecule has 0 aromatic rings. The van der Waals surface area contributed by atoms with Crippen LogP contribution in [-0.2, 0) is 23.2 Å². The van der Waals surface area contributed by atoms with E-state index in [1.165, 1.54) is 0 Å². The number of ketones is 2. The molecule has 0 heterocycles. The maximum atomic E-state index is 11.3. The number of carbonyl (C=O) groups is 2. The summed E-state index contributed by atoms with van der Waals surface area (Å²) in [4.78, 5) is 22.6. The molecule has 0 saturated carbocycles. The molecule has 0 aliphatic rings. The topological polar surface area (TPSA) is 69.7 Å². The molecule has 0 fully saturated rings. The molecule has 0 amide bonds. The third-order valence-electron chi connectivity index (χ3n) is 2.07. The molecule has 0 aliphatic carbocycles. The molecule has 0 unspecified atom stereocenters. The molecule has 20 heavy (non-hydrogen) atoms. The summed E-state index contributed by atoms with van der Waals surface area (Å²) in [7, 11) is -2.45. The van der Waals surface area contributed by atoms with Gasteiger partial charge in [-0.1, -0.05) is 0 Å². The highest BCUT2D eigenvalue weighted by molar-refractivity contribution is 7.33. The number of Topliss-reactive ketones (excluding diaryl/α,β-unsaturated/α-hetero) is 2. The van der Waals surface area contributed by atoms with Crippen molar-refractivity contribution in [2.75, 3.05) is 13.2 Å². The summed E-state index contributed by atoms with van der Waals surface area (Å²) in [5, 5.41) is 0. The lowest BCUT2D eigenvalue weighted by atomic mass is 10.2. The summed E-state index contributed by atoms with van der Waals surface area (Å²) >= 11 is 0. The van der Waals surface area contributed by atoms with Gasteiger partial charge in [0, 0.05) is 30.2 Å². The van der Waals surface area contributed by atoms with Gasteiger partial charge < -0.3 is 0 Å². The summed E-state index contributed by atoms with van der Waals surface area (Å²) in [6, 6.07) is 0. The van der Waals surface area contributed by atoms with Gasteiger partial charge in [0.05, 0.1) is 0 Å². The Hall–Kier alpha value is -1.52. The van der Waals surface area contributed by atoms with Crippen molar-refractivity contribution >= 4 is 19.8 Å². The van der Waals surface area contributed by atoms with E-state index in [4.69, 9.17) is 9.05 Å². The Morgan fingerprint density at radius 2 is 1.30 bits per heavy atom.